The molecule has 0 saturated carbocycles. The number of aromatic nitrogens is 1. The van der Waals surface area contributed by atoms with Crippen LogP contribution in [-0.4, -0.2) is 46.2 Å². The van der Waals surface area contributed by atoms with Crippen molar-refractivity contribution in [2.45, 2.75) is 32.7 Å². The summed E-state index contributed by atoms with van der Waals surface area (Å²) in [6, 6.07) is 3.74. The van der Waals surface area contributed by atoms with Gasteiger partial charge in [-0.2, -0.15) is 0 Å². The number of hydrogen-bond acceptors (Lipinski definition) is 3. The summed E-state index contributed by atoms with van der Waals surface area (Å²) in [6.07, 6.45) is 6.74. The fourth-order valence-electron chi connectivity index (χ4n) is 2.40. The molecule has 5 nitrogen and oxygen atoms in total. The highest BCUT2D eigenvalue weighted by Crippen LogP contribution is 2.10. The van der Waals surface area contributed by atoms with Gasteiger partial charge in [0, 0.05) is 39.0 Å². The fraction of sp³-hybridized carbons (Fsp3) is 0.533. The van der Waals surface area contributed by atoms with Crippen LogP contribution in [0.4, 0.5) is 0 Å². The molecule has 2 rings (SSSR count). The molecule has 0 radical (unpaired) electrons. The van der Waals surface area contributed by atoms with Crippen molar-refractivity contribution < 1.29 is 9.59 Å². The second-order valence-electron chi connectivity index (χ2n) is 5.18. The highest BCUT2D eigenvalue weighted by atomic mass is 16.2. The topological polar surface area (TPSA) is 53.5 Å². The maximum Gasteiger partial charge on any atom is 0.242 e. The number of nitrogens with zero attached hydrogens (tertiary/aromatic N) is 3. The first kappa shape index (κ1) is 14.5. The summed E-state index contributed by atoms with van der Waals surface area (Å²) in [7, 11) is 0. The van der Waals surface area contributed by atoms with Crippen LogP contribution in [0.15, 0.2) is 24.5 Å². The Hall–Kier alpha value is -1.91. The average Bonchev–Trinajstić information content (AvgIpc) is 2.48. The molecule has 0 spiro atoms. The van der Waals surface area contributed by atoms with Gasteiger partial charge in [0.25, 0.3) is 0 Å². The number of hydrogen-bond donors (Lipinski definition) is 0. The molecule has 1 aromatic rings. The zero-order chi connectivity index (χ0) is 14.4. The van der Waals surface area contributed by atoms with Crippen molar-refractivity contribution in [2.24, 2.45) is 0 Å². The molecule has 0 N–H and O–H groups in total. The van der Waals surface area contributed by atoms with Gasteiger partial charge >= 0.3 is 0 Å². The van der Waals surface area contributed by atoms with Gasteiger partial charge in [-0.05, 0) is 30.9 Å². The standard InChI is InChI=1S/C15H21N3O2/c1-13(19)18(11-14-6-5-7-16-10-14)12-15(20)17-8-3-2-4-9-17/h5-7,10H,2-4,8-9,11-12H2,1H3. The molecular formula is C15H21N3O2. The summed E-state index contributed by atoms with van der Waals surface area (Å²) in [4.78, 5) is 31.4. The Bertz CT molecular complexity index is 455. The number of rotatable bonds is 4. The molecule has 108 valence electrons. The van der Waals surface area contributed by atoms with Crippen LogP contribution in [0.3, 0.4) is 0 Å². The third-order valence-electron chi connectivity index (χ3n) is 3.58. The number of likely N-dealkylation sites (tertiary alicyclic amines) is 1. The molecule has 1 saturated heterocycles. The second kappa shape index (κ2) is 7.03. The number of carbonyl (C=O) groups excluding carboxylic acids is 2. The van der Waals surface area contributed by atoms with Crippen molar-refractivity contribution in [1.29, 1.82) is 0 Å². The third-order valence-corrected chi connectivity index (χ3v) is 3.58. The van der Waals surface area contributed by atoms with E-state index in [0.717, 1.165) is 31.5 Å². The van der Waals surface area contributed by atoms with Crippen LogP contribution < -0.4 is 0 Å². The maximum absolute atomic E-state index is 12.2. The highest BCUT2D eigenvalue weighted by Gasteiger charge is 2.20. The summed E-state index contributed by atoms with van der Waals surface area (Å²) in [5, 5.41) is 0. The molecule has 0 bridgehead atoms. The van der Waals surface area contributed by atoms with Gasteiger partial charge in [0.15, 0.2) is 0 Å². The lowest BCUT2D eigenvalue weighted by molar-refractivity contribution is -0.140. The maximum atomic E-state index is 12.2. The largest absolute Gasteiger partial charge is 0.341 e. The Balaban J connectivity index is 1.95. The van der Waals surface area contributed by atoms with E-state index in [2.05, 4.69) is 4.98 Å². The molecule has 2 amide bonds. The van der Waals surface area contributed by atoms with Crippen LogP contribution >= 0.6 is 0 Å². The van der Waals surface area contributed by atoms with E-state index in [4.69, 9.17) is 0 Å². The SMILES string of the molecule is CC(=O)N(CC(=O)N1CCCCC1)Cc1cccnc1. The minimum absolute atomic E-state index is 0.0452. The van der Waals surface area contributed by atoms with Gasteiger partial charge in [-0.15, -0.1) is 0 Å². The van der Waals surface area contributed by atoms with Crippen LogP contribution in [0.1, 0.15) is 31.7 Å². The molecule has 1 aliphatic heterocycles. The minimum Gasteiger partial charge on any atom is -0.341 e. The number of piperidine rings is 1. The Morgan fingerprint density at radius 3 is 2.65 bits per heavy atom. The van der Waals surface area contributed by atoms with Crippen LogP contribution in [0.2, 0.25) is 0 Å². The normalized spacial score (nSPS) is 14.9. The minimum atomic E-state index is -0.0841. The lowest BCUT2D eigenvalue weighted by atomic mass is 10.1. The van der Waals surface area contributed by atoms with E-state index in [0.29, 0.717) is 6.54 Å². The monoisotopic (exact) mass is 275 g/mol. The molecule has 0 aromatic carbocycles. The Morgan fingerprint density at radius 2 is 2.05 bits per heavy atom. The van der Waals surface area contributed by atoms with Crippen molar-refractivity contribution in [2.75, 3.05) is 19.6 Å². The summed E-state index contributed by atoms with van der Waals surface area (Å²) in [6.45, 7) is 3.72. The van der Waals surface area contributed by atoms with Crippen LogP contribution in [-0.2, 0) is 16.1 Å². The van der Waals surface area contributed by atoms with Crippen LogP contribution in [0, 0.1) is 0 Å². The predicted octanol–water partition coefficient (Wildman–Crippen LogP) is 1.44. The van der Waals surface area contributed by atoms with Crippen molar-refractivity contribution in [1.82, 2.24) is 14.8 Å². The van der Waals surface area contributed by atoms with Gasteiger partial charge in [0.1, 0.15) is 6.54 Å². The Kier molecular flexibility index (Phi) is 5.09. The average molecular weight is 275 g/mol. The van der Waals surface area contributed by atoms with E-state index >= 15 is 0 Å². The lowest BCUT2D eigenvalue weighted by Crippen LogP contribution is -2.43. The first-order valence-electron chi connectivity index (χ1n) is 7.09. The highest BCUT2D eigenvalue weighted by molar-refractivity contribution is 5.83. The molecule has 0 atom stereocenters. The zero-order valence-corrected chi connectivity index (χ0v) is 11.9. The number of amides is 2. The molecule has 20 heavy (non-hydrogen) atoms. The van der Waals surface area contributed by atoms with Crippen molar-refractivity contribution >= 4 is 11.8 Å². The summed E-state index contributed by atoms with van der Waals surface area (Å²) in [5.41, 5.74) is 0.939. The van der Waals surface area contributed by atoms with Gasteiger partial charge in [-0.1, -0.05) is 6.07 Å². The molecule has 0 unspecified atom stereocenters. The van der Waals surface area contributed by atoms with Gasteiger partial charge in [-0.25, -0.2) is 0 Å². The first-order chi connectivity index (χ1) is 9.66. The van der Waals surface area contributed by atoms with E-state index in [1.807, 2.05) is 17.0 Å². The lowest BCUT2D eigenvalue weighted by Gasteiger charge is -2.29. The zero-order valence-electron chi connectivity index (χ0n) is 11.9. The van der Waals surface area contributed by atoms with E-state index in [1.165, 1.54) is 13.3 Å². The fourth-order valence-corrected chi connectivity index (χ4v) is 2.40. The molecular weight excluding hydrogens is 254 g/mol. The quantitative estimate of drug-likeness (QED) is 0.835. The summed E-state index contributed by atoms with van der Waals surface area (Å²) >= 11 is 0. The van der Waals surface area contributed by atoms with Crippen molar-refractivity contribution in [3.8, 4) is 0 Å². The van der Waals surface area contributed by atoms with Gasteiger partial charge in [-0.3, -0.25) is 14.6 Å². The van der Waals surface area contributed by atoms with E-state index in [-0.39, 0.29) is 18.4 Å². The second-order valence-corrected chi connectivity index (χ2v) is 5.18. The van der Waals surface area contributed by atoms with E-state index < -0.39 is 0 Å². The molecule has 5 heteroatoms. The van der Waals surface area contributed by atoms with Gasteiger partial charge in [0.05, 0.1) is 0 Å². The molecule has 0 aliphatic carbocycles. The van der Waals surface area contributed by atoms with Crippen LogP contribution in [0.25, 0.3) is 0 Å². The Morgan fingerprint density at radius 1 is 1.30 bits per heavy atom. The summed E-state index contributed by atoms with van der Waals surface area (Å²) in [5.74, 6) is -0.0389. The third kappa shape index (κ3) is 4.05. The molecule has 1 fully saturated rings. The predicted molar refractivity (Wildman–Crippen MR) is 75.8 cm³/mol. The van der Waals surface area contributed by atoms with E-state index in [9.17, 15) is 9.59 Å². The number of carbonyl (C=O) groups is 2. The van der Waals surface area contributed by atoms with E-state index in [1.54, 1.807) is 17.3 Å². The van der Waals surface area contributed by atoms with Crippen molar-refractivity contribution in [3.63, 3.8) is 0 Å². The molecule has 2 heterocycles. The smallest absolute Gasteiger partial charge is 0.242 e. The number of pyridine rings is 1. The van der Waals surface area contributed by atoms with Crippen molar-refractivity contribution in [3.05, 3.63) is 30.1 Å². The van der Waals surface area contributed by atoms with Gasteiger partial charge in [0.2, 0.25) is 11.8 Å². The Labute approximate surface area is 119 Å². The first-order valence-corrected chi connectivity index (χ1v) is 7.09. The summed E-state index contributed by atoms with van der Waals surface area (Å²) < 4.78 is 0. The van der Waals surface area contributed by atoms with Gasteiger partial charge < -0.3 is 9.80 Å². The molecule has 1 aliphatic rings. The molecule has 1 aromatic heterocycles. The van der Waals surface area contributed by atoms with Crippen LogP contribution in [0.5, 0.6) is 0 Å².